The van der Waals surface area contributed by atoms with Crippen molar-refractivity contribution in [2.24, 2.45) is 5.73 Å². The molecular weight excluding hydrogens is 330 g/mol. The van der Waals surface area contributed by atoms with Crippen molar-refractivity contribution in [3.8, 4) is 0 Å². The van der Waals surface area contributed by atoms with Crippen molar-refractivity contribution in [1.82, 2.24) is 10.2 Å². The van der Waals surface area contributed by atoms with Crippen molar-refractivity contribution in [2.45, 2.75) is 13.1 Å². The van der Waals surface area contributed by atoms with Gasteiger partial charge in [-0.25, -0.2) is 0 Å². The summed E-state index contributed by atoms with van der Waals surface area (Å²) in [7, 11) is 0. The van der Waals surface area contributed by atoms with Crippen LogP contribution in [0.5, 0.6) is 0 Å². The molecule has 2 amide bonds. The third-order valence-electron chi connectivity index (χ3n) is 4.42. The maximum Gasteiger partial charge on any atom is 0.251 e. The standard InChI is InChI=1S/C20H23N3O3/c21-19(24)17-5-7-18(8-6-17)20(25)22-13-15-1-3-16(4-2-15)14-23-9-11-26-12-10-23/h1-8H,9-14H2,(H2,21,24)(H,22,25). The summed E-state index contributed by atoms with van der Waals surface area (Å²) in [5.41, 5.74) is 8.38. The van der Waals surface area contributed by atoms with Crippen LogP contribution in [0.3, 0.4) is 0 Å². The first kappa shape index (κ1) is 18.1. The largest absolute Gasteiger partial charge is 0.379 e. The first-order valence-corrected chi connectivity index (χ1v) is 8.68. The lowest BCUT2D eigenvalue weighted by Gasteiger charge is -2.26. The van der Waals surface area contributed by atoms with Gasteiger partial charge in [0.2, 0.25) is 5.91 Å². The molecule has 1 fully saturated rings. The number of nitrogens with two attached hydrogens (primary N) is 1. The molecule has 0 atom stereocenters. The van der Waals surface area contributed by atoms with E-state index in [1.54, 1.807) is 24.3 Å². The van der Waals surface area contributed by atoms with E-state index in [-0.39, 0.29) is 5.91 Å². The summed E-state index contributed by atoms with van der Waals surface area (Å²) in [6.07, 6.45) is 0. The number of rotatable bonds is 6. The molecule has 1 heterocycles. The molecule has 0 aliphatic carbocycles. The monoisotopic (exact) mass is 353 g/mol. The number of nitrogens with one attached hydrogen (secondary N) is 1. The van der Waals surface area contributed by atoms with Gasteiger partial charge in [0.15, 0.2) is 0 Å². The number of ether oxygens (including phenoxy) is 1. The molecule has 0 bridgehead atoms. The molecule has 2 aromatic carbocycles. The summed E-state index contributed by atoms with van der Waals surface area (Å²) in [5.74, 6) is -0.687. The van der Waals surface area contributed by atoms with Gasteiger partial charge in [-0.05, 0) is 35.4 Å². The van der Waals surface area contributed by atoms with E-state index in [2.05, 4.69) is 22.3 Å². The fourth-order valence-corrected chi connectivity index (χ4v) is 2.85. The molecule has 26 heavy (non-hydrogen) atoms. The van der Waals surface area contributed by atoms with Crippen LogP contribution in [0.2, 0.25) is 0 Å². The van der Waals surface area contributed by atoms with E-state index < -0.39 is 5.91 Å². The van der Waals surface area contributed by atoms with Gasteiger partial charge in [-0.3, -0.25) is 14.5 Å². The zero-order valence-electron chi connectivity index (χ0n) is 14.6. The van der Waals surface area contributed by atoms with E-state index in [1.807, 2.05) is 12.1 Å². The lowest BCUT2D eigenvalue weighted by atomic mass is 10.1. The van der Waals surface area contributed by atoms with Gasteiger partial charge in [-0.1, -0.05) is 24.3 Å². The van der Waals surface area contributed by atoms with Gasteiger partial charge in [-0.15, -0.1) is 0 Å². The lowest BCUT2D eigenvalue weighted by Crippen LogP contribution is -2.35. The molecule has 1 saturated heterocycles. The van der Waals surface area contributed by atoms with Crippen molar-refractivity contribution in [3.63, 3.8) is 0 Å². The molecule has 3 N–H and O–H groups in total. The minimum Gasteiger partial charge on any atom is -0.379 e. The fourth-order valence-electron chi connectivity index (χ4n) is 2.85. The number of hydrogen-bond acceptors (Lipinski definition) is 4. The number of nitrogens with zero attached hydrogens (tertiary/aromatic N) is 1. The Bertz CT molecular complexity index is 751. The van der Waals surface area contributed by atoms with Crippen molar-refractivity contribution < 1.29 is 14.3 Å². The number of carbonyl (C=O) groups excluding carboxylic acids is 2. The highest BCUT2D eigenvalue weighted by Gasteiger charge is 2.11. The SMILES string of the molecule is NC(=O)c1ccc(C(=O)NCc2ccc(CN3CCOCC3)cc2)cc1. The van der Waals surface area contributed by atoms with Crippen LogP contribution in [0.1, 0.15) is 31.8 Å². The van der Waals surface area contributed by atoms with Gasteiger partial charge in [0.1, 0.15) is 0 Å². The van der Waals surface area contributed by atoms with Crippen molar-refractivity contribution in [3.05, 3.63) is 70.8 Å². The van der Waals surface area contributed by atoms with E-state index >= 15 is 0 Å². The molecule has 6 nitrogen and oxygen atoms in total. The van der Waals surface area contributed by atoms with Crippen molar-refractivity contribution in [1.29, 1.82) is 0 Å². The third kappa shape index (κ3) is 4.91. The Morgan fingerprint density at radius 3 is 2.12 bits per heavy atom. The summed E-state index contributed by atoms with van der Waals surface area (Å²) in [6, 6.07) is 14.6. The molecule has 136 valence electrons. The highest BCUT2D eigenvalue weighted by atomic mass is 16.5. The maximum absolute atomic E-state index is 12.2. The Balaban J connectivity index is 1.50. The average Bonchev–Trinajstić information content (AvgIpc) is 2.68. The minimum atomic E-state index is -0.505. The van der Waals surface area contributed by atoms with E-state index in [4.69, 9.17) is 10.5 Å². The smallest absolute Gasteiger partial charge is 0.251 e. The minimum absolute atomic E-state index is 0.182. The first-order chi connectivity index (χ1) is 12.6. The Morgan fingerprint density at radius 2 is 1.50 bits per heavy atom. The Morgan fingerprint density at radius 1 is 0.923 bits per heavy atom. The summed E-state index contributed by atoms with van der Waals surface area (Å²) >= 11 is 0. The number of hydrogen-bond donors (Lipinski definition) is 2. The van der Waals surface area contributed by atoms with Gasteiger partial charge in [0.05, 0.1) is 13.2 Å². The van der Waals surface area contributed by atoms with Gasteiger partial charge < -0.3 is 15.8 Å². The topological polar surface area (TPSA) is 84.7 Å². The second-order valence-corrected chi connectivity index (χ2v) is 6.33. The molecule has 6 heteroatoms. The zero-order valence-corrected chi connectivity index (χ0v) is 14.6. The summed E-state index contributed by atoms with van der Waals surface area (Å²) in [4.78, 5) is 25.6. The Hall–Kier alpha value is -2.70. The fraction of sp³-hybridized carbons (Fsp3) is 0.300. The predicted octanol–water partition coefficient (Wildman–Crippen LogP) is 1.55. The predicted molar refractivity (Wildman–Crippen MR) is 98.7 cm³/mol. The molecule has 0 spiro atoms. The Kier molecular flexibility index (Phi) is 5.99. The lowest BCUT2D eigenvalue weighted by molar-refractivity contribution is 0.0342. The third-order valence-corrected chi connectivity index (χ3v) is 4.42. The van der Waals surface area contributed by atoms with Crippen LogP contribution in [0.4, 0.5) is 0 Å². The molecule has 1 aliphatic rings. The van der Waals surface area contributed by atoms with Crippen molar-refractivity contribution >= 4 is 11.8 Å². The first-order valence-electron chi connectivity index (χ1n) is 8.68. The van der Waals surface area contributed by atoms with Crippen LogP contribution < -0.4 is 11.1 Å². The van der Waals surface area contributed by atoms with E-state index in [1.165, 1.54) is 5.56 Å². The second-order valence-electron chi connectivity index (χ2n) is 6.33. The summed E-state index contributed by atoms with van der Waals surface area (Å²) in [6.45, 7) is 4.89. The van der Waals surface area contributed by atoms with Gasteiger partial charge in [0.25, 0.3) is 5.91 Å². The highest BCUT2D eigenvalue weighted by Crippen LogP contribution is 2.10. The average molecular weight is 353 g/mol. The van der Waals surface area contributed by atoms with Crippen LogP contribution in [0.15, 0.2) is 48.5 Å². The molecule has 1 aliphatic heterocycles. The molecule has 3 rings (SSSR count). The molecule has 0 unspecified atom stereocenters. The number of amides is 2. The number of benzene rings is 2. The zero-order chi connectivity index (χ0) is 18.4. The number of carbonyl (C=O) groups is 2. The summed E-state index contributed by atoms with van der Waals surface area (Å²) in [5, 5.41) is 2.88. The Labute approximate surface area is 152 Å². The maximum atomic E-state index is 12.2. The van der Waals surface area contributed by atoms with Crippen LogP contribution in [-0.2, 0) is 17.8 Å². The van der Waals surface area contributed by atoms with Crippen LogP contribution in [0.25, 0.3) is 0 Å². The molecule has 0 radical (unpaired) electrons. The van der Waals surface area contributed by atoms with Gasteiger partial charge in [-0.2, -0.15) is 0 Å². The van der Waals surface area contributed by atoms with Crippen LogP contribution in [-0.4, -0.2) is 43.0 Å². The molecule has 0 saturated carbocycles. The van der Waals surface area contributed by atoms with Crippen molar-refractivity contribution in [2.75, 3.05) is 26.3 Å². The van der Waals surface area contributed by atoms with Gasteiger partial charge in [0, 0.05) is 37.3 Å². The summed E-state index contributed by atoms with van der Waals surface area (Å²) < 4.78 is 5.36. The van der Waals surface area contributed by atoms with Crippen LogP contribution >= 0.6 is 0 Å². The quantitative estimate of drug-likeness (QED) is 0.825. The molecule has 0 aromatic heterocycles. The second kappa shape index (κ2) is 8.60. The van der Waals surface area contributed by atoms with E-state index in [0.29, 0.717) is 17.7 Å². The highest BCUT2D eigenvalue weighted by molar-refractivity contribution is 5.97. The number of primary amides is 1. The van der Waals surface area contributed by atoms with E-state index in [0.717, 1.165) is 38.4 Å². The normalized spacial score (nSPS) is 14.8. The number of morpholine rings is 1. The van der Waals surface area contributed by atoms with E-state index in [9.17, 15) is 9.59 Å². The molecule has 2 aromatic rings. The van der Waals surface area contributed by atoms with Crippen LogP contribution in [0, 0.1) is 0 Å². The molecular formula is C20H23N3O3. The van der Waals surface area contributed by atoms with Gasteiger partial charge >= 0.3 is 0 Å².